The molecule has 54 valence electrons. The zero-order chi connectivity index (χ0) is 7.49. The van der Waals surface area contributed by atoms with E-state index < -0.39 is 3.67 Å². The summed E-state index contributed by atoms with van der Waals surface area (Å²) in [6.07, 6.45) is 0. The van der Waals surface area contributed by atoms with E-state index in [1.807, 2.05) is 0 Å². The van der Waals surface area contributed by atoms with Crippen LogP contribution in [0.25, 0.3) is 0 Å². The SMILES string of the molecule is C=CSC(Cl)(Cl)C(C)Cl. The molecule has 0 aromatic heterocycles. The van der Waals surface area contributed by atoms with E-state index in [1.54, 1.807) is 12.3 Å². The second-order valence-corrected chi connectivity index (χ2v) is 5.16. The van der Waals surface area contributed by atoms with Crippen molar-refractivity contribution in [3.8, 4) is 0 Å². The van der Waals surface area contributed by atoms with Crippen molar-refractivity contribution in [2.75, 3.05) is 0 Å². The van der Waals surface area contributed by atoms with Crippen LogP contribution in [0.4, 0.5) is 0 Å². The molecule has 9 heavy (non-hydrogen) atoms. The van der Waals surface area contributed by atoms with Crippen LogP contribution >= 0.6 is 46.6 Å². The summed E-state index contributed by atoms with van der Waals surface area (Å²) in [7, 11) is 0. The van der Waals surface area contributed by atoms with Crippen LogP contribution < -0.4 is 0 Å². The van der Waals surface area contributed by atoms with Gasteiger partial charge in [0.25, 0.3) is 0 Å². The first-order chi connectivity index (χ1) is 4.00. The minimum absolute atomic E-state index is 0.288. The van der Waals surface area contributed by atoms with Crippen molar-refractivity contribution < 1.29 is 0 Å². The van der Waals surface area contributed by atoms with Crippen molar-refractivity contribution in [1.29, 1.82) is 0 Å². The van der Waals surface area contributed by atoms with Crippen LogP contribution in [0.15, 0.2) is 12.0 Å². The van der Waals surface area contributed by atoms with Gasteiger partial charge in [-0.1, -0.05) is 41.5 Å². The average Bonchev–Trinajstić information content (AvgIpc) is 1.65. The molecule has 0 nitrogen and oxygen atoms in total. The molecule has 0 rings (SSSR count). The van der Waals surface area contributed by atoms with Crippen molar-refractivity contribution in [3.05, 3.63) is 12.0 Å². The second-order valence-electron chi connectivity index (χ2n) is 1.46. The van der Waals surface area contributed by atoms with Gasteiger partial charge in [0.15, 0.2) is 3.67 Å². The molecule has 0 spiro atoms. The van der Waals surface area contributed by atoms with Gasteiger partial charge in [-0.05, 0) is 12.3 Å². The van der Waals surface area contributed by atoms with Gasteiger partial charge in [-0.3, -0.25) is 0 Å². The van der Waals surface area contributed by atoms with Gasteiger partial charge >= 0.3 is 0 Å². The van der Waals surface area contributed by atoms with Gasteiger partial charge < -0.3 is 0 Å². The van der Waals surface area contributed by atoms with E-state index >= 15 is 0 Å². The molecule has 0 aromatic rings. The molecule has 0 fully saturated rings. The first-order valence-electron chi connectivity index (χ1n) is 2.31. The summed E-state index contributed by atoms with van der Waals surface area (Å²) >= 11 is 18.2. The molecule has 0 amide bonds. The Kier molecular flexibility index (Phi) is 4.39. The summed E-state index contributed by atoms with van der Waals surface area (Å²) in [5.74, 6) is 0. The summed E-state index contributed by atoms with van der Waals surface area (Å²) < 4.78 is -0.941. The zero-order valence-corrected chi connectivity index (χ0v) is 7.99. The highest BCUT2D eigenvalue weighted by molar-refractivity contribution is 8.06. The number of hydrogen-bond donors (Lipinski definition) is 0. The molecule has 0 N–H and O–H groups in total. The van der Waals surface area contributed by atoms with E-state index in [2.05, 4.69) is 6.58 Å². The highest BCUT2D eigenvalue weighted by Crippen LogP contribution is 2.40. The highest BCUT2D eigenvalue weighted by atomic mass is 35.5. The van der Waals surface area contributed by atoms with Gasteiger partial charge in [0.2, 0.25) is 0 Å². The molecule has 0 aromatic carbocycles. The van der Waals surface area contributed by atoms with E-state index in [1.165, 1.54) is 11.8 Å². The number of thioether (sulfide) groups is 1. The van der Waals surface area contributed by atoms with Crippen molar-refractivity contribution in [2.45, 2.75) is 16.0 Å². The lowest BCUT2D eigenvalue weighted by Gasteiger charge is -2.18. The first kappa shape index (κ1) is 9.96. The Hall–Kier alpha value is 0.960. The van der Waals surface area contributed by atoms with Crippen LogP contribution in [0.2, 0.25) is 0 Å². The number of alkyl halides is 3. The summed E-state index contributed by atoms with van der Waals surface area (Å²) in [6.45, 7) is 5.20. The van der Waals surface area contributed by atoms with Gasteiger partial charge in [-0.15, -0.1) is 11.6 Å². The number of rotatable bonds is 3. The third kappa shape index (κ3) is 3.61. The van der Waals surface area contributed by atoms with Crippen LogP contribution in [-0.2, 0) is 0 Å². The Bertz CT molecular complexity index is 100. The monoisotopic (exact) mass is 204 g/mol. The van der Waals surface area contributed by atoms with E-state index in [-0.39, 0.29) is 5.38 Å². The van der Waals surface area contributed by atoms with E-state index in [9.17, 15) is 0 Å². The molecular formula is C5H7Cl3S. The van der Waals surface area contributed by atoms with Crippen molar-refractivity contribution >= 4 is 46.6 Å². The lowest BCUT2D eigenvalue weighted by molar-refractivity contribution is 0.999. The predicted octanol–water partition coefficient (Wildman–Crippen LogP) is 3.62. The molecule has 0 aliphatic rings. The van der Waals surface area contributed by atoms with E-state index in [0.29, 0.717) is 0 Å². The third-order valence-corrected chi connectivity index (χ3v) is 3.41. The molecule has 0 aliphatic heterocycles. The fraction of sp³-hybridized carbons (Fsp3) is 0.600. The lowest BCUT2D eigenvalue weighted by atomic mass is 10.5. The molecule has 0 bridgehead atoms. The molecule has 0 heterocycles. The normalized spacial score (nSPS) is 15.1. The van der Waals surface area contributed by atoms with Gasteiger partial charge in [-0.2, -0.15) is 0 Å². The molecule has 0 saturated carbocycles. The Morgan fingerprint density at radius 3 is 2.22 bits per heavy atom. The molecule has 0 radical (unpaired) electrons. The minimum atomic E-state index is -0.941. The summed E-state index contributed by atoms with van der Waals surface area (Å²) in [5.41, 5.74) is 0. The fourth-order valence-corrected chi connectivity index (χ4v) is 1.15. The Morgan fingerprint density at radius 1 is 1.67 bits per heavy atom. The molecule has 1 unspecified atom stereocenters. The van der Waals surface area contributed by atoms with Crippen LogP contribution in [-0.4, -0.2) is 9.04 Å². The smallest absolute Gasteiger partial charge is 0.119 e. The molecule has 1 atom stereocenters. The highest BCUT2D eigenvalue weighted by Gasteiger charge is 2.29. The number of halogens is 3. The van der Waals surface area contributed by atoms with Crippen LogP contribution in [0, 0.1) is 0 Å². The Labute approximate surface area is 74.5 Å². The topological polar surface area (TPSA) is 0 Å². The average molecular weight is 206 g/mol. The van der Waals surface area contributed by atoms with E-state index in [0.717, 1.165) is 0 Å². The fourth-order valence-electron chi connectivity index (χ4n) is 0.205. The maximum atomic E-state index is 5.70. The summed E-state index contributed by atoms with van der Waals surface area (Å²) in [5, 5.41) is 1.28. The molecule has 4 heteroatoms. The zero-order valence-electron chi connectivity index (χ0n) is 4.90. The number of hydrogen-bond acceptors (Lipinski definition) is 1. The maximum Gasteiger partial charge on any atom is 0.183 e. The lowest BCUT2D eigenvalue weighted by Crippen LogP contribution is -2.17. The minimum Gasteiger partial charge on any atom is -0.119 e. The Balaban J connectivity index is 3.84. The molecular weight excluding hydrogens is 198 g/mol. The van der Waals surface area contributed by atoms with Gasteiger partial charge in [0.1, 0.15) is 0 Å². The van der Waals surface area contributed by atoms with Crippen LogP contribution in [0.5, 0.6) is 0 Å². The van der Waals surface area contributed by atoms with Crippen LogP contribution in [0.3, 0.4) is 0 Å². The van der Waals surface area contributed by atoms with Crippen molar-refractivity contribution in [1.82, 2.24) is 0 Å². The Morgan fingerprint density at radius 2 is 2.11 bits per heavy atom. The summed E-state index contributed by atoms with van der Waals surface area (Å²) in [6, 6.07) is 0. The van der Waals surface area contributed by atoms with Gasteiger partial charge in [0.05, 0.1) is 5.38 Å². The molecule has 0 aliphatic carbocycles. The van der Waals surface area contributed by atoms with Crippen molar-refractivity contribution in [2.24, 2.45) is 0 Å². The standard InChI is InChI=1S/C5H7Cl3S/c1-3-9-5(7,8)4(2)6/h3-4H,1H2,2H3. The van der Waals surface area contributed by atoms with Crippen LogP contribution in [0.1, 0.15) is 6.92 Å². The summed E-state index contributed by atoms with van der Waals surface area (Å²) in [4.78, 5) is 0. The largest absolute Gasteiger partial charge is 0.183 e. The van der Waals surface area contributed by atoms with Crippen molar-refractivity contribution in [3.63, 3.8) is 0 Å². The molecule has 0 saturated heterocycles. The second kappa shape index (κ2) is 3.97. The predicted molar refractivity (Wildman–Crippen MR) is 47.5 cm³/mol. The third-order valence-electron chi connectivity index (χ3n) is 0.704. The maximum absolute atomic E-state index is 5.70. The quantitative estimate of drug-likeness (QED) is 0.634. The van der Waals surface area contributed by atoms with Gasteiger partial charge in [-0.25, -0.2) is 0 Å². The van der Waals surface area contributed by atoms with E-state index in [4.69, 9.17) is 34.8 Å². The van der Waals surface area contributed by atoms with Gasteiger partial charge in [0, 0.05) is 0 Å². The first-order valence-corrected chi connectivity index (χ1v) is 4.38.